The number of aliphatic hydroxyl groups excluding tert-OH is 1. The van der Waals surface area contributed by atoms with E-state index in [-0.39, 0.29) is 17.7 Å². The van der Waals surface area contributed by atoms with Crippen LogP contribution >= 0.6 is 0 Å². The molecule has 96 valence electrons. The number of aliphatic hydroxyl groups is 1. The Bertz CT molecular complexity index is 602. The monoisotopic (exact) mass is 246 g/mol. The van der Waals surface area contributed by atoms with Gasteiger partial charge in [0.05, 0.1) is 0 Å². The highest BCUT2D eigenvalue weighted by molar-refractivity contribution is 5.83. The molecule has 0 aliphatic carbocycles. The number of nitrogens with one attached hydrogen (secondary N) is 2. The summed E-state index contributed by atoms with van der Waals surface area (Å²) in [5.41, 5.74) is -0.365. The standard InChI is InChI=1S/C14H18N2O2/c1-14(2,7-8-17)16-12-9-10-5-3-4-6-11(10)13(18)15-12/h3-6,9,17H,7-8H2,1-2H3,(H2,15,16,18). The third kappa shape index (κ3) is 2.71. The van der Waals surface area contributed by atoms with Gasteiger partial charge in [0.25, 0.3) is 5.56 Å². The molecule has 3 N–H and O–H groups in total. The van der Waals surface area contributed by atoms with E-state index in [4.69, 9.17) is 5.11 Å². The molecule has 0 spiro atoms. The highest BCUT2D eigenvalue weighted by Gasteiger charge is 2.17. The fourth-order valence-corrected chi connectivity index (χ4v) is 1.98. The van der Waals surface area contributed by atoms with Gasteiger partial charge in [-0.3, -0.25) is 4.79 Å². The number of H-pyrrole nitrogens is 1. The maximum atomic E-state index is 11.9. The van der Waals surface area contributed by atoms with E-state index in [1.165, 1.54) is 0 Å². The lowest BCUT2D eigenvalue weighted by Crippen LogP contribution is -2.33. The zero-order chi connectivity index (χ0) is 13.2. The number of hydrogen-bond donors (Lipinski definition) is 3. The lowest BCUT2D eigenvalue weighted by Gasteiger charge is -2.26. The van der Waals surface area contributed by atoms with Gasteiger partial charge in [-0.1, -0.05) is 18.2 Å². The van der Waals surface area contributed by atoms with Crippen molar-refractivity contribution >= 4 is 16.6 Å². The topological polar surface area (TPSA) is 65.1 Å². The Morgan fingerprint density at radius 3 is 2.78 bits per heavy atom. The van der Waals surface area contributed by atoms with Gasteiger partial charge in [-0.05, 0) is 37.8 Å². The maximum Gasteiger partial charge on any atom is 0.257 e. The number of aromatic amines is 1. The number of aromatic nitrogens is 1. The molecule has 4 nitrogen and oxygen atoms in total. The number of anilines is 1. The Labute approximate surface area is 106 Å². The largest absolute Gasteiger partial charge is 0.396 e. The van der Waals surface area contributed by atoms with Crippen LogP contribution in [0.3, 0.4) is 0 Å². The molecule has 1 heterocycles. The quantitative estimate of drug-likeness (QED) is 0.774. The second kappa shape index (κ2) is 4.82. The van der Waals surface area contributed by atoms with E-state index in [1.54, 1.807) is 6.07 Å². The summed E-state index contributed by atoms with van der Waals surface area (Å²) in [5, 5.41) is 13.8. The highest BCUT2D eigenvalue weighted by Crippen LogP contribution is 2.18. The molecule has 2 aromatic rings. The van der Waals surface area contributed by atoms with E-state index >= 15 is 0 Å². The van der Waals surface area contributed by atoms with Crippen molar-refractivity contribution < 1.29 is 5.11 Å². The molecule has 0 saturated heterocycles. The third-order valence-corrected chi connectivity index (χ3v) is 2.96. The molecule has 0 fully saturated rings. The normalized spacial score (nSPS) is 11.7. The van der Waals surface area contributed by atoms with E-state index in [2.05, 4.69) is 10.3 Å². The Hall–Kier alpha value is -1.81. The van der Waals surface area contributed by atoms with Crippen molar-refractivity contribution in [1.82, 2.24) is 4.98 Å². The summed E-state index contributed by atoms with van der Waals surface area (Å²) >= 11 is 0. The Balaban J connectivity index is 2.38. The van der Waals surface area contributed by atoms with Crippen molar-refractivity contribution in [3.63, 3.8) is 0 Å². The Morgan fingerprint density at radius 2 is 2.06 bits per heavy atom. The van der Waals surface area contributed by atoms with Gasteiger partial charge in [0.15, 0.2) is 0 Å². The molecule has 0 radical (unpaired) electrons. The summed E-state index contributed by atoms with van der Waals surface area (Å²) in [6.07, 6.45) is 0.613. The second-order valence-corrected chi connectivity index (χ2v) is 5.08. The van der Waals surface area contributed by atoms with Crippen LogP contribution in [0.2, 0.25) is 0 Å². The van der Waals surface area contributed by atoms with Crippen LogP contribution in [-0.4, -0.2) is 22.2 Å². The van der Waals surface area contributed by atoms with Crippen LogP contribution < -0.4 is 10.9 Å². The van der Waals surface area contributed by atoms with Gasteiger partial charge in [-0.25, -0.2) is 0 Å². The molecule has 0 aliphatic heterocycles. The molecule has 1 aromatic carbocycles. The number of fused-ring (bicyclic) bond motifs is 1. The first-order valence-corrected chi connectivity index (χ1v) is 6.03. The minimum Gasteiger partial charge on any atom is -0.396 e. The van der Waals surface area contributed by atoms with Gasteiger partial charge in [-0.15, -0.1) is 0 Å². The molecule has 0 amide bonds. The lowest BCUT2D eigenvalue weighted by molar-refractivity contribution is 0.260. The minimum absolute atomic E-state index is 0.101. The van der Waals surface area contributed by atoms with Crippen LogP contribution in [0, 0.1) is 0 Å². The molecular weight excluding hydrogens is 228 g/mol. The van der Waals surface area contributed by atoms with Gasteiger partial charge in [0.1, 0.15) is 5.82 Å². The first kappa shape index (κ1) is 12.6. The summed E-state index contributed by atoms with van der Waals surface area (Å²) in [4.78, 5) is 14.7. The van der Waals surface area contributed by atoms with Gasteiger partial charge in [0.2, 0.25) is 0 Å². The second-order valence-electron chi connectivity index (χ2n) is 5.08. The van der Waals surface area contributed by atoms with E-state index < -0.39 is 0 Å². The summed E-state index contributed by atoms with van der Waals surface area (Å²) < 4.78 is 0. The van der Waals surface area contributed by atoms with Gasteiger partial charge in [0, 0.05) is 17.5 Å². The number of hydrogen-bond acceptors (Lipinski definition) is 3. The van der Waals surface area contributed by atoms with Crippen molar-refractivity contribution in [2.24, 2.45) is 0 Å². The predicted octanol–water partition coefficient (Wildman–Crippen LogP) is 2.10. The molecule has 1 aromatic heterocycles. The summed E-state index contributed by atoms with van der Waals surface area (Å²) in [6, 6.07) is 9.38. The zero-order valence-electron chi connectivity index (χ0n) is 10.7. The van der Waals surface area contributed by atoms with Gasteiger partial charge >= 0.3 is 0 Å². The molecule has 0 bridgehead atoms. The summed E-state index contributed by atoms with van der Waals surface area (Å²) in [7, 11) is 0. The van der Waals surface area contributed by atoms with Crippen LogP contribution in [0.25, 0.3) is 10.8 Å². The van der Waals surface area contributed by atoms with Crippen LogP contribution in [0.1, 0.15) is 20.3 Å². The number of benzene rings is 1. The molecule has 2 rings (SSSR count). The van der Waals surface area contributed by atoms with Crippen molar-refractivity contribution in [3.8, 4) is 0 Å². The minimum atomic E-state index is -0.264. The van der Waals surface area contributed by atoms with Crippen molar-refractivity contribution in [2.75, 3.05) is 11.9 Å². The molecule has 0 aliphatic rings. The third-order valence-electron chi connectivity index (χ3n) is 2.96. The average molecular weight is 246 g/mol. The zero-order valence-corrected chi connectivity index (χ0v) is 10.7. The van der Waals surface area contributed by atoms with Crippen molar-refractivity contribution in [2.45, 2.75) is 25.8 Å². The van der Waals surface area contributed by atoms with Crippen LogP contribution in [0.4, 0.5) is 5.82 Å². The van der Waals surface area contributed by atoms with Crippen LogP contribution in [-0.2, 0) is 0 Å². The maximum absolute atomic E-state index is 11.9. The van der Waals surface area contributed by atoms with E-state index in [0.717, 1.165) is 5.39 Å². The predicted molar refractivity (Wildman–Crippen MR) is 74.0 cm³/mol. The smallest absolute Gasteiger partial charge is 0.257 e. The Morgan fingerprint density at radius 1 is 1.33 bits per heavy atom. The summed E-state index contributed by atoms with van der Waals surface area (Å²) in [5.74, 6) is 0.678. The average Bonchev–Trinajstić information content (AvgIpc) is 2.28. The lowest BCUT2D eigenvalue weighted by atomic mass is 10.0. The van der Waals surface area contributed by atoms with Crippen molar-refractivity contribution in [3.05, 3.63) is 40.7 Å². The fraction of sp³-hybridized carbons (Fsp3) is 0.357. The first-order valence-electron chi connectivity index (χ1n) is 6.03. The highest BCUT2D eigenvalue weighted by atomic mass is 16.3. The van der Waals surface area contributed by atoms with Crippen molar-refractivity contribution in [1.29, 1.82) is 0 Å². The molecule has 18 heavy (non-hydrogen) atoms. The first-order chi connectivity index (χ1) is 8.52. The molecule has 0 unspecified atom stereocenters. The molecule has 4 heteroatoms. The van der Waals surface area contributed by atoms with Crippen LogP contribution in [0.5, 0.6) is 0 Å². The fourth-order valence-electron chi connectivity index (χ4n) is 1.98. The van der Waals surface area contributed by atoms with E-state index in [0.29, 0.717) is 17.6 Å². The summed E-state index contributed by atoms with van der Waals surface area (Å²) in [6.45, 7) is 4.07. The SMILES string of the molecule is CC(C)(CCO)Nc1cc2ccccc2c(=O)[nH]1. The number of rotatable bonds is 4. The van der Waals surface area contributed by atoms with Crippen LogP contribution in [0.15, 0.2) is 35.1 Å². The Kier molecular flexibility index (Phi) is 3.39. The van der Waals surface area contributed by atoms with Gasteiger partial charge < -0.3 is 15.4 Å². The van der Waals surface area contributed by atoms with E-state index in [9.17, 15) is 4.79 Å². The molecular formula is C14H18N2O2. The van der Waals surface area contributed by atoms with E-state index in [1.807, 2.05) is 38.1 Å². The number of pyridine rings is 1. The molecule has 0 atom stereocenters. The molecule has 0 saturated carbocycles. The van der Waals surface area contributed by atoms with Gasteiger partial charge in [-0.2, -0.15) is 0 Å².